The highest BCUT2D eigenvalue weighted by atomic mass is 35.5. The van der Waals surface area contributed by atoms with Gasteiger partial charge in [0.2, 0.25) is 0 Å². The van der Waals surface area contributed by atoms with E-state index in [2.05, 4.69) is 13.0 Å². The fourth-order valence-corrected chi connectivity index (χ4v) is 3.02. The highest BCUT2D eigenvalue weighted by Gasteiger charge is 2.28. The largest absolute Gasteiger partial charge is 0.327 e. The first-order valence-corrected chi connectivity index (χ1v) is 6.54. The molecule has 0 spiro atoms. The van der Waals surface area contributed by atoms with Crippen LogP contribution >= 0.6 is 23.2 Å². The molecule has 3 heteroatoms. The molecule has 1 aliphatic rings. The summed E-state index contributed by atoms with van der Waals surface area (Å²) in [6.07, 6.45) is 3.41. The van der Waals surface area contributed by atoms with E-state index in [4.69, 9.17) is 28.9 Å². The molecular weight excluding hydrogens is 241 g/mol. The van der Waals surface area contributed by atoms with Crippen molar-refractivity contribution in [2.24, 2.45) is 11.7 Å². The topological polar surface area (TPSA) is 26.0 Å². The zero-order valence-corrected chi connectivity index (χ0v) is 10.9. The minimum atomic E-state index is 0.215. The number of halogens is 2. The van der Waals surface area contributed by atoms with Gasteiger partial charge in [0.1, 0.15) is 0 Å². The van der Waals surface area contributed by atoms with Crippen molar-refractivity contribution in [1.82, 2.24) is 0 Å². The van der Waals surface area contributed by atoms with Gasteiger partial charge in [-0.2, -0.15) is 0 Å². The van der Waals surface area contributed by atoms with Crippen LogP contribution in [0.15, 0.2) is 18.2 Å². The summed E-state index contributed by atoms with van der Waals surface area (Å²) < 4.78 is 0. The number of nitrogens with two attached hydrogens (primary N) is 1. The lowest BCUT2D eigenvalue weighted by molar-refractivity contribution is 0.306. The van der Waals surface area contributed by atoms with Crippen molar-refractivity contribution in [3.63, 3.8) is 0 Å². The third-order valence-corrected chi connectivity index (χ3v) is 4.38. The first-order chi connectivity index (χ1) is 7.59. The van der Waals surface area contributed by atoms with Crippen molar-refractivity contribution in [2.75, 3.05) is 0 Å². The second-order valence-corrected chi connectivity index (χ2v) is 5.62. The van der Waals surface area contributed by atoms with Crippen LogP contribution in [-0.4, -0.2) is 6.04 Å². The quantitative estimate of drug-likeness (QED) is 0.801. The zero-order valence-electron chi connectivity index (χ0n) is 9.42. The molecule has 2 N–H and O–H groups in total. The number of benzene rings is 1. The highest BCUT2D eigenvalue weighted by Crippen LogP contribution is 2.40. The van der Waals surface area contributed by atoms with Gasteiger partial charge in [-0.1, -0.05) is 42.3 Å². The molecule has 16 heavy (non-hydrogen) atoms. The molecule has 1 nitrogen and oxygen atoms in total. The average Bonchev–Trinajstić information content (AvgIpc) is 2.26. The Labute approximate surface area is 107 Å². The third-order valence-electron chi connectivity index (χ3n) is 3.55. The molecule has 3 unspecified atom stereocenters. The minimum absolute atomic E-state index is 0.215. The van der Waals surface area contributed by atoms with Crippen LogP contribution in [-0.2, 0) is 0 Å². The lowest BCUT2D eigenvalue weighted by Gasteiger charge is -2.33. The van der Waals surface area contributed by atoms with Crippen molar-refractivity contribution in [3.8, 4) is 0 Å². The summed E-state index contributed by atoms with van der Waals surface area (Å²) in [7, 11) is 0. The summed E-state index contributed by atoms with van der Waals surface area (Å²) in [6.45, 7) is 2.28. The molecule has 1 aromatic rings. The van der Waals surface area contributed by atoms with Crippen LogP contribution in [0.2, 0.25) is 10.0 Å². The van der Waals surface area contributed by atoms with Crippen molar-refractivity contribution in [1.29, 1.82) is 0 Å². The van der Waals surface area contributed by atoms with Crippen molar-refractivity contribution >= 4 is 23.2 Å². The van der Waals surface area contributed by atoms with Crippen molar-refractivity contribution in [3.05, 3.63) is 33.8 Å². The fourth-order valence-electron chi connectivity index (χ4n) is 2.57. The van der Waals surface area contributed by atoms with E-state index in [9.17, 15) is 0 Å². The van der Waals surface area contributed by atoms with Gasteiger partial charge in [0.15, 0.2) is 0 Å². The molecule has 1 saturated carbocycles. The molecule has 88 valence electrons. The van der Waals surface area contributed by atoms with E-state index in [0.717, 1.165) is 24.3 Å². The van der Waals surface area contributed by atoms with Gasteiger partial charge in [0.05, 0.1) is 10.0 Å². The summed E-state index contributed by atoms with van der Waals surface area (Å²) in [4.78, 5) is 0. The molecule has 0 bridgehead atoms. The molecule has 1 fully saturated rings. The monoisotopic (exact) mass is 257 g/mol. The summed E-state index contributed by atoms with van der Waals surface area (Å²) in [5.41, 5.74) is 7.31. The minimum Gasteiger partial charge on any atom is -0.327 e. The SMILES string of the molecule is CC1CCC(N)C(c2cccc(Cl)c2Cl)C1. The maximum Gasteiger partial charge on any atom is 0.0627 e. The molecule has 0 aromatic heterocycles. The second-order valence-electron chi connectivity index (χ2n) is 4.83. The Kier molecular flexibility index (Phi) is 3.78. The molecular formula is C13H17Cl2N. The summed E-state index contributed by atoms with van der Waals surface area (Å²) in [5, 5.41) is 1.31. The molecule has 0 radical (unpaired) electrons. The highest BCUT2D eigenvalue weighted by molar-refractivity contribution is 6.42. The van der Waals surface area contributed by atoms with E-state index in [-0.39, 0.29) is 6.04 Å². The van der Waals surface area contributed by atoms with Gasteiger partial charge in [0.25, 0.3) is 0 Å². The Bertz CT molecular complexity index is 378. The zero-order chi connectivity index (χ0) is 11.7. The van der Waals surface area contributed by atoms with Crippen LogP contribution in [0.25, 0.3) is 0 Å². The van der Waals surface area contributed by atoms with E-state index in [0.29, 0.717) is 16.0 Å². The Balaban J connectivity index is 2.31. The molecule has 0 aliphatic heterocycles. The predicted molar refractivity (Wildman–Crippen MR) is 70.2 cm³/mol. The number of hydrogen-bond donors (Lipinski definition) is 1. The maximum absolute atomic E-state index is 6.25. The van der Waals surface area contributed by atoms with E-state index in [1.54, 1.807) is 0 Å². The molecule has 1 aliphatic carbocycles. The van der Waals surface area contributed by atoms with Crippen LogP contribution in [0.3, 0.4) is 0 Å². The summed E-state index contributed by atoms with van der Waals surface area (Å²) in [6, 6.07) is 6.05. The Morgan fingerprint density at radius 3 is 2.75 bits per heavy atom. The van der Waals surface area contributed by atoms with E-state index in [1.807, 2.05) is 12.1 Å². The van der Waals surface area contributed by atoms with Crippen molar-refractivity contribution < 1.29 is 0 Å². The van der Waals surface area contributed by atoms with Gasteiger partial charge >= 0.3 is 0 Å². The molecule has 2 rings (SSSR count). The molecule has 0 saturated heterocycles. The Hall–Kier alpha value is -0.240. The van der Waals surface area contributed by atoms with Gasteiger partial charge < -0.3 is 5.73 Å². The Morgan fingerprint density at radius 2 is 2.00 bits per heavy atom. The lowest BCUT2D eigenvalue weighted by atomic mass is 9.76. The molecule has 0 heterocycles. The normalized spacial score (nSPS) is 30.4. The van der Waals surface area contributed by atoms with Crippen LogP contribution in [0.1, 0.15) is 37.7 Å². The first-order valence-electron chi connectivity index (χ1n) is 5.79. The van der Waals surface area contributed by atoms with E-state index < -0.39 is 0 Å². The molecule has 0 amide bonds. The standard InChI is InChI=1S/C13H17Cl2N/c1-8-5-6-12(16)10(7-8)9-3-2-4-11(14)13(9)15/h2-4,8,10,12H,5-7,16H2,1H3. The first kappa shape index (κ1) is 12.2. The van der Waals surface area contributed by atoms with Crippen LogP contribution in [0, 0.1) is 5.92 Å². The van der Waals surface area contributed by atoms with E-state index >= 15 is 0 Å². The Morgan fingerprint density at radius 1 is 1.25 bits per heavy atom. The maximum atomic E-state index is 6.25. The third kappa shape index (κ3) is 2.37. The van der Waals surface area contributed by atoms with Gasteiger partial charge in [0, 0.05) is 12.0 Å². The van der Waals surface area contributed by atoms with Crippen molar-refractivity contribution in [2.45, 2.75) is 38.1 Å². The predicted octanol–water partition coefficient (Wildman–Crippen LogP) is 4.22. The smallest absolute Gasteiger partial charge is 0.0627 e. The molecule has 1 aromatic carbocycles. The van der Waals surface area contributed by atoms with Gasteiger partial charge in [-0.3, -0.25) is 0 Å². The number of rotatable bonds is 1. The summed E-state index contributed by atoms with van der Waals surface area (Å²) in [5.74, 6) is 1.08. The average molecular weight is 258 g/mol. The number of hydrogen-bond acceptors (Lipinski definition) is 1. The van der Waals surface area contributed by atoms with Gasteiger partial charge in [-0.05, 0) is 36.8 Å². The molecule has 3 atom stereocenters. The van der Waals surface area contributed by atoms with E-state index in [1.165, 1.54) is 6.42 Å². The van der Waals surface area contributed by atoms with Gasteiger partial charge in [-0.25, -0.2) is 0 Å². The lowest BCUT2D eigenvalue weighted by Crippen LogP contribution is -2.34. The van der Waals surface area contributed by atoms with Crippen LogP contribution in [0.4, 0.5) is 0 Å². The van der Waals surface area contributed by atoms with Gasteiger partial charge in [-0.15, -0.1) is 0 Å². The van der Waals surface area contributed by atoms with Crippen LogP contribution in [0.5, 0.6) is 0 Å². The fraction of sp³-hybridized carbons (Fsp3) is 0.538. The summed E-state index contributed by atoms with van der Waals surface area (Å²) >= 11 is 12.3. The van der Waals surface area contributed by atoms with Crippen LogP contribution < -0.4 is 5.73 Å². The second kappa shape index (κ2) is 4.95.